The lowest BCUT2D eigenvalue weighted by Gasteiger charge is -2.02. The van der Waals surface area contributed by atoms with Crippen LogP contribution in [0.3, 0.4) is 0 Å². The molecule has 13 heavy (non-hydrogen) atoms. The van der Waals surface area contributed by atoms with E-state index in [1.807, 2.05) is 0 Å². The van der Waals surface area contributed by atoms with E-state index in [0.29, 0.717) is 0 Å². The van der Waals surface area contributed by atoms with Crippen LogP contribution in [0, 0.1) is 11.3 Å². The van der Waals surface area contributed by atoms with Gasteiger partial charge in [-0.25, -0.2) is 4.79 Å². The van der Waals surface area contributed by atoms with Gasteiger partial charge in [0.2, 0.25) is 0 Å². The Labute approximate surface area is 82.2 Å². The minimum atomic E-state index is -1.23. The van der Waals surface area contributed by atoms with Crippen molar-refractivity contribution in [2.45, 2.75) is 0 Å². The standard InChI is InChI=1S/C8H4BrNO3/c9-6-4(3-10)1-2-5(7(6)11)8(12)13/h1-2,11H,(H,12,13). The second kappa shape index (κ2) is 3.46. The van der Waals surface area contributed by atoms with Crippen LogP contribution in [0.4, 0.5) is 0 Å². The Hall–Kier alpha value is -1.54. The number of nitriles is 1. The molecule has 0 radical (unpaired) electrons. The lowest BCUT2D eigenvalue weighted by atomic mass is 10.1. The van der Waals surface area contributed by atoms with Crippen LogP contribution in [0.25, 0.3) is 0 Å². The Balaban J connectivity index is 3.42. The number of rotatable bonds is 1. The van der Waals surface area contributed by atoms with Crippen molar-refractivity contribution in [3.05, 3.63) is 27.7 Å². The second-order valence-corrected chi connectivity index (χ2v) is 3.03. The van der Waals surface area contributed by atoms with E-state index in [1.165, 1.54) is 12.1 Å². The fourth-order valence-corrected chi connectivity index (χ4v) is 1.26. The van der Waals surface area contributed by atoms with Crippen LogP contribution in [-0.2, 0) is 0 Å². The van der Waals surface area contributed by atoms with Crippen molar-refractivity contribution in [1.82, 2.24) is 0 Å². The molecule has 0 amide bonds. The number of halogens is 1. The van der Waals surface area contributed by atoms with E-state index < -0.39 is 11.7 Å². The van der Waals surface area contributed by atoms with Crippen molar-refractivity contribution < 1.29 is 15.0 Å². The molecule has 0 atom stereocenters. The van der Waals surface area contributed by atoms with Crippen molar-refractivity contribution >= 4 is 21.9 Å². The number of aromatic carboxylic acids is 1. The number of nitrogens with zero attached hydrogens (tertiary/aromatic N) is 1. The highest BCUT2D eigenvalue weighted by atomic mass is 79.9. The number of carbonyl (C=O) groups is 1. The maximum absolute atomic E-state index is 10.5. The van der Waals surface area contributed by atoms with Gasteiger partial charge in [-0.2, -0.15) is 5.26 Å². The average Bonchev–Trinajstić information content (AvgIpc) is 2.09. The van der Waals surface area contributed by atoms with E-state index in [1.54, 1.807) is 6.07 Å². The number of phenols is 1. The van der Waals surface area contributed by atoms with Gasteiger partial charge < -0.3 is 10.2 Å². The molecule has 0 aliphatic carbocycles. The number of hydrogen-bond donors (Lipinski definition) is 2. The van der Waals surface area contributed by atoms with Crippen LogP contribution in [0.1, 0.15) is 15.9 Å². The van der Waals surface area contributed by atoms with Gasteiger partial charge in [0.15, 0.2) is 0 Å². The summed E-state index contributed by atoms with van der Waals surface area (Å²) >= 11 is 2.92. The Kier molecular flexibility index (Phi) is 2.54. The predicted molar refractivity (Wildman–Crippen MR) is 47.5 cm³/mol. The first-order valence-corrected chi connectivity index (χ1v) is 4.02. The van der Waals surface area contributed by atoms with Crippen molar-refractivity contribution in [2.24, 2.45) is 0 Å². The number of hydrogen-bond acceptors (Lipinski definition) is 3. The molecular formula is C8H4BrNO3. The smallest absolute Gasteiger partial charge is 0.339 e. The molecule has 1 rings (SSSR count). The summed E-state index contributed by atoms with van der Waals surface area (Å²) in [6.45, 7) is 0. The van der Waals surface area contributed by atoms with E-state index in [4.69, 9.17) is 10.4 Å². The summed E-state index contributed by atoms with van der Waals surface area (Å²) < 4.78 is 0.106. The molecule has 0 aliphatic heterocycles. The molecule has 5 heteroatoms. The minimum absolute atomic E-state index is 0.106. The monoisotopic (exact) mass is 241 g/mol. The highest BCUT2D eigenvalue weighted by Gasteiger charge is 2.14. The summed E-state index contributed by atoms with van der Waals surface area (Å²) in [6, 6.07) is 4.31. The SMILES string of the molecule is N#Cc1ccc(C(=O)O)c(O)c1Br. The molecule has 0 spiro atoms. The summed E-state index contributed by atoms with van der Waals surface area (Å²) in [5.74, 6) is -1.66. The molecule has 0 bridgehead atoms. The summed E-state index contributed by atoms with van der Waals surface area (Å²) in [5, 5.41) is 26.4. The molecule has 0 heterocycles. The van der Waals surface area contributed by atoms with Crippen LogP contribution in [0.15, 0.2) is 16.6 Å². The fraction of sp³-hybridized carbons (Fsp3) is 0. The molecule has 2 N–H and O–H groups in total. The Bertz CT molecular complexity index is 409. The highest BCUT2D eigenvalue weighted by Crippen LogP contribution is 2.30. The quantitative estimate of drug-likeness (QED) is 0.785. The van der Waals surface area contributed by atoms with Crippen molar-refractivity contribution in [3.8, 4) is 11.8 Å². The number of carboxylic acids is 1. The summed E-state index contributed by atoms with van der Waals surface area (Å²) in [4.78, 5) is 10.5. The van der Waals surface area contributed by atoms with E-state index in [0.717, 1.165) is 0 Å². The molecule has 1 aromatic rings. The Morgan fingerprint density at radius 3 is 2.62 bits per heavy atom. The molecule has 66 valence electrons. The second-order valence-electron chi connectivity index (χ2n) is 2.24. The zero-order valence-electron chi connectivity index (χ0n) is 6.28. The topological polar surface area (TPSA) is 81.3 Å². The minimum Gasteiger partial charge on any atom is -0.506 e. The van der Waals surface area contributed by atoms with Crippen molar-refractivity contribution in [2.75, 3.05) is 0 Å². The molecule has 1 aromatic carbocycles. The molecule has 0 aromatic heterocycles. The predicted octanol–water partition coefficient (Wildman–Crippen LogP) is 1.72. The van der Waals surface area contributed by atoms with E-state index >= 15 is 0 Å². The third-order valence-corrected chi connectivity index (χ3v) is 2.27. The lowest BCUT2D eigenvalue weighted by Crippen LogP contribution is -1.97. The van der Waals surface area contributed by atoms with Gasteiger partial charge in [-0.3, -0.25) is 0 Å². The molecule has 0 fully saturated rings. The first kappa shape index (κ1) is 9.55. The van der Waals surface area contributed by atoms with E-state index in [-0.39, 0.29) is 15.6 Å². The molecular weight excluding hydrogens is 238 g/mol. The molecule has 0 unspecified atom stereocenters. The fourth-order valence-electron chi connectivity index (χ4n) is 0.823. The van der Waals surface area contributed by atoms with E-state index in [2.05, 4.69) is 15.9 Å². The Morgan fingerprint density at radius 1 is 1.54 bits per heavy atom. The molecule has 0 saturated heterocycles. The van der Waals surface area contributed by atoms with Crippen LogP contribution < -0.4 is 0 Å². The van der Waals surface area contributed by atoms with Crippen molar-refractivity contribution in [1.29, 1.82) is 5.26 Å². The highest BCUT2D eigenvalue weighted by molar-refractivity contribution is 9.10. The lowest BCUT2D eigenvalue weighted by molar-refractivity contribution is 0.0693. The number of carboxylic acid groups (broad SMARTS) is 1. The van der Waals surface area contributed by atoms with Gasteiger partial charge in [0.25, 0.3) is 0 Å². The van der Waals surface area contributed by atoms with Gasteiger partial charge in [-0.1, -0.05) is 0 Å². The van der Waals surface area contributed by atoms with Gasteiger partial charge in [-0.05, 0) is 28.1 Å². The summed E-state index contributed by atoms with van der Waals surface area (Å²) in [7, 11) is 0. The molecule has 0 saturated carbocycles. The van der Waals surface area contributed by atoms with Gasteiger partial charge in [0.1, 0.15) is 17.4 Å². The zero-order valence-corrected chi connectivity index (χ0v) is 7.87. The summed E-state index contributed by atoms with van der Waals surface area (Å²) in [5.41, 5.74) is -0.0339. The Morgan fingerprint density at radius 2 is 2.15 bits per heavy atom. The van der Waals surface area contributed by atoms with Crippen LogP contribution >= 0.6 is 15.9 Å². The van der Waals surface area contributed by atoms with E-state index in [9.17, 15) is 9.90 Å². The molecule has 4 nitrogen and oxygen atoms in total. The molecule has 0 aliphatic rings. The van der Waals surface area contributed by atoms with Crippen LogP contribution in [0.2, 0.25) is 0 Å². The zero-order chi connectivity index (χ0) is 10.0. The maximum atomic E-state index is 10.5. The van der Waals surface area contributed by atoms with Gasteiger partial charge in [0.05, 0.1) is 10.0 Å². The van der Waals surface area contributed by atoms with Crippen LogP contribution in [0.5, 0.6) is 5.75 Å². The average molecular weight is 242 g/mol. The third kappa shape index (κ3) is 1.63. The maximum Gasteiger partial charge on any atom is 0.339 e. The number of benzene rings is 1. The van der Waals surface area contributed by atoms with Crippen LogP contribution in [-0.4, -0.2) is 16.2 Å². The van der Waals surface area contributed by atoms with Gasteiger partial charge in [0, 0.05) is 0 Å². The van der Waals surface area contributed by atoms with Crippen molar-refractivity contribution in [3.63, 3.8) is 0 Å². The third-order valence-electron chi connectivity index (χ3n) is 1.47. The first-order valence-electron chi connectivity index (χ1n) is 3.22. The first-order chi connectivity index (χ1) is 6.07. The largest absolute Gasteiger partial charge is 0.506 e. The van der Waals surface area contributed by atoms with Gasteiger partial charge in [-0.15, -0.1) is 0 Å². The summed E-state index contributed by atoms with van der Waals surface area (Å²) in [6.07, 6.45) is 0. The number of aromatic hydroxyl groups is 1. The van der Waals surface area contributed by atoms with Gasteiger partial charge >= 0.3 is 5.97 Å². The normalized spacial score (nSPS) is 9.23.